The zero-order chi connectivity index (χ0) is 21.9. The maximum atomic E-state index is 12.3. The summed E-state index contributed by atoms with van der Waals surface area (Å²) in [5, 5.41) is 31.4. The van der Waals surface area contributed by atoms with Crippen molar-refractivity contribution >= 4 is 12.2 Å². The highest BCUT2D eigenvalue weighted by atomic mass is 16.4. The first-order valence-corrected chi connectivity index (χ1v) is 9.97. The van der Waals surface area contributed by atoms with Gasteiger partial charge < -0.3 is 20.2 Å². The van der Waals surface area contributed by atoms with Crippen molar-refractivity contribution in [3.8, 4) is 0 Å². The van der Waals surface area contributed by atoms with Gasteiger partial charge in [-0.3, -0.25) is 4.90 Å². The molecule has 7 nitrogen and oxygen atoms in total. The average molecular weight is 412 g/mol. The van der Waals surface area contributed by atoms with Gasteiger partial charge in [-0.05, 0) is 31.4 Å². The number of nitrogens with zero attached hydrogens (tertiary/aromatic N) is 2. The molecule has 160 valence electrons. The fourth-order valence-corrected chi connectivity index (χ4v) is 4.69. The van der Waals surface area contributed by atoms with Crippen molar-refractivity contribution in [3.63, 3.8) is 0 Å². The number of hydrogen-bond acceptors (Lipinski definition) is 3. The van der Waals surface area contributed by atoms with Crippen LogP contribution in [0.15, 0.2) is 60.7 Å². The van der Waals surface area contributed by atoms with E-state index in [0.717, 1.165) is 11.1 Å². The number of carboxylic acid groups (broad SMARTS) is 2. The number of amides is 2. The summed E-state index contributed by atoms with van der Waals surface area (Å²) in [6, 6.07) is 17.9. The summed E-state index contributed by atoms with van der Waals surface area (Å²) in [6.07, 6.45) is -1.82. The van der Waals surface area contributed by atoms with Gasteiger partial charge in [0.25, 0.3) is 0 Å². The van der Waals surface area contributed by atoms with Crippen molar-refractivity contribution in [2.45, 2.75) is 43.9 Å². The maximum Gasteiger partial charge on any atom is 0.408 e. The van der Waals surface area contributed by atoms with E-state index in [4.69, 9.17) is 0 Å². The van der Waals surface area contributed by atoms with Crippen molar-refractivity contribution in [3.05, 3.63) is 71.8 Å². The third-order valence-electron chi connectivity index (χ3n) is 6.10. The SMILES string of the molecule is CC(C)(O)C1(Cc2ccccc2)C(Cc2ccccc2)N(C(=O)O)CCN1C(=O)O. The molecule has 30 heavy (non-hydrogen) atoms. The van der Waals surface area contributed by atoms with Gasteiger partial charge in [0.2, 0.25) is 0 Å². The van der Waals surface area contributed by atoms with Crippen LogP contribution < -0.4 is 0 Å². The second kappa shape index (κ2) is 8.36. The molecule has 7 heteroatoms. The van der Waals surface area contributed by atoms with Crippen LogP contribution in [0.2, 0.25) is 0 Å². The van der Waals surface area contributed by atoms with E-state index in [-0.39, 0.29) is 25.9 Å². The van der Waals surface area contributed by atoms with Crippen molar-refractivity contribution in [1.82, 2.24) is 9.80 Å². The topological polar surface area (TPSA) is 101 Å². The first-order valence-electron chi connectivity index (χ1n) is 9.97. The summed E-state index contributed by atoms with van der Waals surface area (Å²) < 4.78 is 0. The molecule has 0 spiro atoms. The molecular formula is C23H28N2O5. The lowest BCUT2D eigenvalue weighted by molar-refractivity contribution is -0.139. The van der Waals surface area contributed by atoms with Crippen LogP contribution in [-0.4, -0.2) is 67.6 Å². The molecule has 1 saturated heterocycles. The fraction of sp³-hybridized carbons (Fsp3) is 0.391. The van der Waals surface area contributed by atoms with Gasteiger partial charge in [0.15, 0.2) is 0 Å². The summed E-state index contributed by atoms with van der Waals surface area (Å²) in [6.45, 7) is 3.17. The average Bonchev–Trinajstić information content (AvgIpc) is 2.69. The van der Waals surface area contributed by atoms with Gasteiger partial charge in [0.05, 0.1) is 17.2 Å². The standard InChI is InChI=1S/C23H28N2O5/c1-22(2,30)23(16-18-11-7-4-8-12-18)19(15-17-9-5-3-6-10-17)24(20(26)27)13-14-25(23)21(28)29/h3-12,19,30H,13-16H2,1-2H3,(H,26,27)(H,28,29). The number of piperazine rings is 1. The summed E-state index contributed by atoms with van der Waals surface area (Å²) in [7, 11) is 0. The number of carbonyl (C=O) groups is 2. The molecule has 1 aliphatic rings. The molecule has 2 aromatic rings. The fourth-order valence-electron chi connectivity index (χ4n) is 4.69. The van der Waals surface area contributed by atoms with Crippen LogP contribution in [0.5, 0.6) is 0 Å². The van der Waals surface area contributed by atoms with Crippen molar-refractivity contribution in [2.75, 3.05) is 13.1 Å². The lowest BCUT2D eigenvalue weighted by atomic mass is 9.67. The maximum absolute atomic E-state index is 12.3. The third-order valence-corrected chi connectivity index (χ3v) is 6.10. The molecule has 0 aliphatic carbocycles. The number of aliphatic hydroxyl groups is 1. The van der Waals surface area contributed by atoms with Crippen LogP contribution in [0.1, 0.15) is 25.0 Å². The Morgan fingerprint density at radius 2 is 1.47 bits per heavy atom. The van der Waals surface area contributed by atoms with Crippen molar-refractivity contribution in [2.24, 2.45) is 0 Å². The van der Waals surface area contributed by atoms with Crippen LogP contribution in [0.4, 0.5) is 9.59 Å². The number of benzene rings is 2. The Morgan fingerprint density at radius 3 is 1.93 bits per heavy atom. The molecule has 0 bridgehead atoms. The van der Waals surface area contributed by atoms with Gasteiger partial charge in [-0.25, -0.2) is 9.59 Å². The molecule has 1 heterocycles. The molecular weight excluding hydrogens is 384 g/mol. The van der Waals surface area contributed by atoms with E-state index in [1.165, 1.54) is 9.80 Å². The molecule has 1 aliphatic heterocycles. The quantitative estimate of drug-likeness (QED) is 0.699. The van der Waals surface area contributed by atoms with Gasteiger partial charge in [-0.2, -0.15) is 0 Å². The van der Waals surface area contributed by atoms with Gasteiger partial charge in [-0.15, -0.1) is 0 Å². The summed E-state index contributed by atoms with van der Waals surface area (Å²) in [5.41, 5.74) is -1.19. The van der Waals surface area contributed by atoms with Crippen LogP contribution in [0, 0.1) is 0 Å². The van der Waals surface area contributed by atoms with Crippen LogP contribution in [0.25, 0.3) is 0 Å². The predicted octanol–water partition coefficient (Wildman–Crippen LogP) is 3.32. The second-order valence-electron chi connectivity index (χ2n) is 8.26. The summed E-state index contributed by atoms with van der Waals surface area (Å²) in [4.78, 5) is 27.0. The molecule has 0 radical (unpaired) electrons. The highest BCUT2D eigenvalue weighted by Crippen LogP contribution is 2.42. The Bertz CT molecular complexity index is 881. The highest BCUT2D eigenvalue weighted by molar-refractivity contribution is 5.70. The van der Waals surface area contributed by atoms with Gasteiger partial charge >= 0.3 is 12.2 Å². The lowest BCUT2D eigenvalue weighted by Gasteiger charge is -2.59. The molecule has 2 amide bonds. The van der Waals surface area contributed by atoms with Crippen LogP contribution >= 0.6 is 0 Å². The summed E-state index contributed by atoms with van der Waals surface area (Å²) >= 11 is 0. The minimum Gasteiger partial charge on any atom is -0.465 e. The van der Waals surface area contributed by atoms with E-state index in [0.29, 0.717) is 0 Å². The number of rotatable bonds is 5. The van der Waals surface area contributed by atoms with Crippen LogP contribution in [-0.2, 0) is 12.8 Å². The highest BCUT2D eigenvalue weighted by Gasteiger charge is 2.60. The zero-order valence-electron chi connectivity index (χ0n) is 17.2. The van der Waals surface area contributed by atoms with Crippen molar-refractivity contribution < 1.29 is 24.9 Å². The van der Waals surface area contributed by atoms with Crippen molar-refractivity contribution in [1.29, 1.82) is 0 Å². The smallest absolute Gasteiger partial charge is 0.408 e. The van der Waals surface area contributed by atoms with E-state index in [1.807, 2.05) is 60.7 Å². The lowest BCUT2D eigenvalue weighted by Crippen LogP contribution is -2.78. The first-order chi connectivity index (χ1) is 14.2. The number of hydrogen-bond donors (Lipinski definition) is 3. The van der Waals surface area contributed by atoms with E-state index in [2.05, 4.69) is 0 Å². The molecule has 3 N–H and O–H groups in total. The van der Waals surface area contributed by atoms with Gasteiger partial charge in [0, 0.05) is 19.5 Å². The molecule has 0 saturated carbocycles. The Labute approximate surface area is 176 Å². The van der Waals surface area contributed by atoms with Gasteiger partial charge in [0.1, 0.15) is 0 Å². The first kappa shape index (κ1) is 21.6. The Morgan fingerprint density at radius 1 is 0.933 bits per heavy atom. The van der Waals surface area contributed by atoms with E-state index < -0.39 is 29.4 Å². The monoisotopic (exact) mass is 412 g/mol. The molecule has 2 atom stereocenters. The van der Waals surface area contributed by atoms with Crippen LogP contribution in [0.3, 0.4) is 0 Å². The molecule has 2 aromatic carbocycles. The Balaban J connectivity index is 2.21. The minimum atomic E-state index is -1.52. The normalized spacial score (nSPS) is 22.0. The molecule has 2 unspecified atom stereocenters. The third kappa shape index (κ3) is 3.98. The predicted molar refractivity (Wildman–Crippen MR) is 113 cm³/mol. The minimum absolute atomic E-state index is 0.0102. The molecule has 1 fully saturated rings. The zero-order valence-corrected chi connectivity index (χ0v) is 17.2. The van der Waals surface area contributed by atoms with E-state index >= 15 is 0 Å². The molecule has 3 rings (SSSR count). The largest absolute Gasteiger partial charge is 0.465 e. The Kier molecular flexibility index (Phi) is 6.03. The molecule has 0 aromatic heterocycles. The van der Waals surface area contributed by atoms with E-state index in [1.54, 1.807) is 13.8 Å². The van der Waals surface area contributed by atoms with E-state index in [9.17, 15) is 24.9 Å². The van der Waals surface area contributed by atoms with Gasteiger partial charge in [-0.1, -0.05) is 60.7 Å². The second-order valence-corrected chi connectivity index (χ2v) is 8.26. The Hall–Kier alpha value is -3.06. The summed E-state index contributed by atoms with van der Waals surface area (Å²) in [5.74, 6) is 0.